The van der Waals surface area contributed by atoms with Gasteiger partial charge in [0.2, 0.25) is 0 Å². The van der Waals surface area contributed by atoms with Gasteiger partial charge in [-0.1, -0.05) is 181 Å². The SMILES string of the molecule is CCCC/C=C/CCCCCCCCCCCCCC[N+](Cc1ccccc1)(Cc1ccccc1)Cc1ccccc1. The molecule has 0 radical (unpaired) electrons. The molecule has 1 heteroatoms. The van der Waals surface area contributed by atoms with E-state index in [0.717, 1.165) is 24.1 Å². The first-order chi connectivity index (χ1) is 20.8. The van der Waals surface area contributed by atoms with Gasteiger partial charge >= 0.3 is 0 Å². The molecule has 228 valence electrons. The Morgan fingerprint density at radius 3 is 1.12 bits per heavy atom. The highest BCUT2D eigenvalue weighted by Gasteiger charge is 2.28. The second-order valence-electron chi connectivity index (χ2n) is 12.6. The first kappa shape index (κ1) is 33.9. The van der Waals surface area contributed by atoms with Gasteiger partial charge in [0.05, 0.1) is 6.54 Å². The Morgan fingerprint density at radius 2 is 0.738 bits per heavy atom. The number of hydrogen-bond donors (Lipinski definition) is 0. The Hall–Kier alpha value is -2.64. The standard InChI is InChI=1S/C41H60N/c1-2-3-4-5-6-7-8-9-10-11-12-13-14-15-16-17-18-28-35-42(36-39-29-22-19-23-30-39,37-40-31-24-20-25-32-40)38-41-33-26-21-27-34-41/h5-6,19-27,29-34H,2-4,7-18,28,35-38H2,1H3/q+1/b6-5+. The van der Waals surface area contributed by atoms with Gasteiger partial charge in [0.1, 0.15) is 19.6 Å². The zero-order valence-electron chi connectivity index (χ0n) is 26.9. The third-order valence-electron chi connectivity index (χ3n) is 8.73. The van der Waals surface area contributed by atoms with Crippen LogP contribution in [0.3, 0.4) is 0 Å². The molecule has 0 aromatic heterocycles. The van der Waals surface area contributed by atoms with Crippen molar-refractivity contribution in [1.82, 2.24) is 0 Å². The Kier molecular flexibility index (Phi) is 17.7. The summed E-state index contributed by atoms with van der Waals surface area (Å²) in [5.41, 5.74) is 4.34. The van der Waals surface area contributed by atoms with E-state index in [1.165, 1.54) is 126 Å². The van der Waals surface area contributed by atoms with Crippen LogP contribution in [0.2, 0.25) is 0 Å². The Balaban J connectivity index is 1.37. The molecule has 3 rings (SSSR count). The highest BCUT2D eigenvalue weighted by atomic mass is 15.3. The maximum atomic E-state index is 2.41. The van der Waals surface area contributed by atoms with E-state index in [1.807, 2.05) is 0 Å². The lowest BCUT2D eigenvalue weighted by molar-refractivity contribution is -0.966. The summed E-state index contributed by atoms with van der Waals surface area (Å²) in [6.45, 7) is 6.75. The van der Waals surface area contributed by atoms with Crippen LogP contribution in [-0.2, 0) is 19.6 Å². The van der Waals surface area contributed by atoms with Crippen molar-refractivity contribution in [1.29, 1.82) is 0 Å². The fraction of sp³-hybridized carbons (Fsp3) is 0.512. The number of hydrogen-bond acceptors (Lipinski definition) is 0. The molecule has 0 aliphatic carbocycles. The van der Waals surface area contributed by atoms with E-state index < -0.39 is 0 Å². The molecule has 0 saturated carbocycles. The molecule has 42 heavy (non-hydrogen) atoms. The molecule has 0 unspecified atom stereocenters. The average Bonchev–Trinajstić information content (AvgIpc) is 3.02. The first-order valence-corrected chi connectivity index (χ1v) is 17.4. The molecule has 0 aliphatic heterocycles. The van der Waals surface area contributed by atoms with Gasteiger partial charge in [0, 0.05) is 16.7 Å². The van der Waals surface area contributed by atoms with Crippen LogP contribution >= 0.6 is 0 Å². The predicted octanol–water partition coefficient (Wildman–Crippen LogP) is 12.2. The van der Waals surface area contributed by atoms with E-state index in [9.17, 15) is 0 Å². The highest BCUT2D eigenvalue weighted by Crippen LogP contribution is 2.26. The summed E-state index contributed by atoms with van der Waals surface area (Å²) in [4.78, 5) is 0. The topological polar surface area (TPSA) is 0 Å². The minimum atomic E-state index is 1.08. The smallest absolute Gasteiger partial charge is 0.105 e. The zero-order valence-corrected chi connectivity index (χ0v) is 26.9. The van der Waals surface area contributed by atoms with Crippen LogP contribution in [0.1, 0.15) is 126 Å². The Bertz CT molecular complexity index is 939. The van der Waals surface area contributed by atoms with Crippen molar-refractivity contribution >= 4 is 0 Å². The Labute approximate surface area is 259 Å². The normalized spacial score (nSPS) is 11.8. The van der Waals surface area contributed by atoms with Crippen molar-refractivity contribution < 1.29 is 4.48 Å². The van der Waals surface area contributed by atoms with Gasteiger partial charge < -0.3 is 4.48 Å². The van der Waals surface area contributed by atoms with E-state index in [1.54, 1.807) is 0 Å². The molecule has 0 saturated heterocycles. The fourth-order valence-electron chi connectivity index (χ4n) is 6.35. The quantitative estimate of drug-likeness (QED) is 0.0574. The van der Waals surface area contributed by atoms with Gasteiger partial charge in [-0.25, -0.2) is 0 Å². The Morgan fingerprint density at radius 1 is 0.405 bits per heavy atom. The van der Waals surface area contributed by atoms with Crippen LogP contribution in [0.25, 0.3) is 0 Å². The van der Waals surface area contributed by atoms with Gasteiger partial charge in [-0.15, -0.1) is 0 Å². The van der Waals surface area contributed by atoms with Crippen molar-refractivity contribution in [3.8, 4) is 0 Å². The number of quaternary nitrogens is 1. The molecule has 0 amide bonds. The van der Waals surface area contributed by atoms with E-state index in [-0.39, 0.29) is 0 Å². The van der Waals surface area contributed by atoms with Crippen LogP contribution in [0.4, 0.5) is 0 Å². The molecular weight excluding hydrogens is 506 g/mol. The van der Waals surface area contributed by atoms with E-state index >= 15 is 0 Å². The van der Waals surface area contributed by atoms with Crippen LogP contribution in [0.5, 0.6) is 0 Å². The van der Waals surface area contributed by atoms with Crippen LogP contribution in [0, 0.1) is 0 Å². The summed E-state index contributed by atoms with van der Waals surface area (Å²) >= 11 is 0. The summed E-state index contributed by atoms with van der Waals surface area (Å²) in [6, 6.07) is 33.5. The minimum Gasteiger partial charge on any atom is -0.312 e. The number of nitrogens with zero attached hydrogens (tertiary/aromatic N) is 1. The lowest BCUT2D eigenvalue weighted by Gasteiger charge is -2.39. The molecule has 0 spiro atoms. The zero-order chi connectivity index (χ0) is 29.4. The second-order valence-corrected chi connectivity index (χ2v) is 12.6. The van der Waals surface area contributed by atoms with Crippen molar-refractivity contribution in [3.05, 3.63) is 120 Å². The van der Waals surface area contributed by atoms with Crippen molar-refractivity contribution in [3.63, 3.8) is 0 Å². The van der Waals surface area contributed by atoms with Crippen molar-refractivity contribution in [2.24, 2.45) is 0 Å². The van der Waals surface area contributed by atoms with E-state index in [4.69, 9.17) is 0 Å². The third-order valence-corrected chi connectivity index (χ3v) is 8.73. The summed E-state index contributed by atoms with van der Waals surface area (Å²) in [5.74, 6) is 0. The number of unbranched alkanes of at least 4 members (excludes halogenated alkanes) is 14. The number of rotatable bonds is 24. The first-order valence-electron chi connectivity index (χ1n) is 17.4. The third kappa shape index (κ3) is 15.0. The molecule has 3 aromatic carbocycles. The number of allylic oxidation sites excluding steroid dienone is 2. The summed E-state index contributed by atoms with van der Waals surface area (Å²) in [6.07, 6.45) is 26.8. The van der Waals surface area contributed by atoms with E-state index in [2.05, 4.69) is 110 Å². The minimum absolute atomic E-state index is 1.08. The maximum absolute atomic E-state index is 2.41. The van der Waals surface area contributed by atoms with Crippen LogP contribution < -0.4 is 0 Å². The molecule has 3 aromatic rings. The van der Waals surface area contributed by atoms with E-state index in [0.29, 0.717) is 0 Å². The predicted molar refractivity (Wildman–Crippen MR) is 184 cm³/mol. The lowest BCUT2D eigenvalue weighted by atomic mass is 10.0. The lowest BCUT2D eigenvalue weighted by Crippen LogP contribution is -2.46. The second kappa shape index (κ2) is 22.0. The highest BCUT2D eigenvalue weighted by molar-refractivity contribution is 5.17. The summed E-state index contributed by atoms with van der Waals surface area (Å²) in [5, 5.41) is 0. The molecule has 0 heterocycles. The van der Waals surface area contributed by atoms with Gasteiger partial charge in [0.25, 0.3) is 0 Å². The number of benzene rings is 3. The van der Waals surface area contributed by atoms with Gasteiger partial charge in [-0.2, -0.15) is 0 Å². The largest absolute Gasteiger partial charge is 0.312 e. The molecule has 0 N–H and O–H groups in total. The molecular formula is C41H60N+. The van der Waals surface area contributed by atoms with Crippen LogP contribution in [-0.4, -0.2) is 11.0 Å². The molecule has 1 nitrogen and oxygen atoms in total. The summed E-state index contributed by atoms with van der Waals surface area (Å²) < 4.78 is 1.09. The molecule has 0 bridgehead atoms. The average molecular weight is 567 g/mol. The molecule has 0 aliphatic rings. The van der Waals surface area contributed by atoms with Gasteiger partial charge in [-0.3, -0.25) is 0 Å². The van der Waals surface area contributed by atoms with Crippen molar-refractivity contribution in [2.45, 2.75) is 129 Å². The van der Waals surface area contributed by atoms with Crippen LogP contribution in [0.15, 0.2) is 103 Å². The maximum Gasteiger partial charge on any atom is 0.105 e. The monoisotopic (exact) mass is 566 g/mol. The van der Waals surface area contributed by atoms with Gasteiger partial charge in [0.15, 0.2) is 0 Å². The van der Waals surface area contributed by atoms with Gasteiger partial charge in [-0.05, 0) is 32.1 Å². The molecule has 0 fully saturated rings. The van der Waals surface area contributed by atoms with Crippen molar-refractivity contribution in [2.75, 3.05) is 6.54 Å². The fourth-order valence-corrected chi connectivity index (χ4v) is 6.35. The summed E-state index contributed by atoms with van der Waals surface area (Å²) in [7, 11) is 0. The molecule has 0 atom stereocenters.